The van der Waals surface area contributed by atoms with Crippen LogP contribution in [0.1, 0.15) is 140 Å². The highest BCUT2D eigenvalue weighted by molar-refractivity contribution is 6.47. The van der Waals surface area contributed by atoms with E-state index in [4.69, 9.17) is 32.2 Å². The Morgan fingerprint density at radius 1 is 0.676 bits per heavy atom. The zero-order chi connectivity index (χ0) is 51.7. The fourth-order valence-corrected chi connectivity index (χ4v) is 10.4. The smallest absolute Gasteiger partial charge is 0.404 e. The van der Waals surface area contributed by atoms with Gasteiger partial charge in [0.15, 0.2) is 6.17 Å². The Bertz CT molecular complexity index is 2080. The Hall–Kier alpha value is -4.92. The maximum atomic E-state index is 13.8. The third kappa shape index (κ3) is 15.5. The molecule has 1 unspecified atom stereocenters. The van der Waals surface area contributed by atoms with Crippen molar-refractivity contribution in [2.75, 3.05) is 26.2 Å². The normalized spacial score (nSPS) is 21.8. The second-order valence-electron chi connectivity index (χ2n) is 20.6. The number of hydrogen-bond donors (Lipinski definition) is 10. The predicted octanol–water partition coefficient (Wildman–Crippen LogP) is 2.83. The molecule has 4 aliphatic rings. The molecule has 19 heteroatoms. The Kier molecular flexibility index (Phi) is 21.9. The van der Waals surface area contributed by atoms with Gasteiger partial charge < -0.3 is 64.1 Å². The highest BCUT2D eigenvalue weighted by Crippen LogP contribution is 2.65. The average molecular weight is 987 g/mol. The van der Waals surface area contributed by atoms with Crippen molar-refractivity contribution in [1.82, 2.24) is 31.9 Å². The molecule has 4 fully saturated rings. The number of carbonyl (C=O) groups is 6. The van der Waals surface area contributed by atoms with E-state index < -0.39 is 72.5 Å². The van der Waals surface area contributed by atoms with Gasteiger partial charge in [-0.25, -0.2) is 0 Å². The van der Waals surface area contributed by atoms with E-state index in [2.05, 4.69) is 83.9 Å². The SMILES string of the molecule is CCCCc1ccc(-c2ccc(C(=O)NCCC(=O)N[C@@H](CCCCN)C(=O)N[C@@H](CCCCN)C(=O)N[C@@H](N)C(=O)N[C@@H](CCCCN)C(=O)N[C@@H](C)B3OC4C[C@@H]5C[C@@H](C5(C)C)[C@]4(C)O3)cc2)cc1. The minimum Gasteiger partial charge on any atom is -0.404 e. The van der Waals surface area contributed by atoms with Crippen LogP contribution in [0.15, 0.2) is 48.5 Å². The summed E-state index contributed by atoms with van der Waals surface area (Å²) in [5.41, 5.74) is 27.0. The Labute approximate surface area is 421 Å². The average Bonchev–Trinajstić information content (AvgIpc) is 3.72. The zero-order valence-electron chi connectivity index (χ0n) is 42.8. The maximum Gasteiger partial charge on any atom is 0.481 e. The zero-order valence-corrected chi connectivity index (χ0v) is 42.8. The Balaban J connectivity index is 1.13. The van der Waals surface area contributed by atoms with Gasteiger partial charge in [-0.3, -0.25) is 28.8 Å². The van der Waals surface area contributed by atoms with Crippen LogP contribution in [-0.2, 0) is 39.7 Å². The van der Waals surface area contributed by atoms with E-state index in [1.54, 1.807) is 12.1 Å². The van der Waals surface area contributed by atoms with Crippen LogP contribution in [-0.4, -0.2) is 111 Å². The molecule has 3 saturated carbocycles. The fourth-order valence-electron chi connectivity index (χ4n) is 10.4. The van der Waals surface area contributed by atoms with E-state index >= 15 is 0 Å². The first-order valence-corrected chi connectivity index (χ1v) is 26.1. The largest absolute Gasteiger partial charge is 0.481 e. The molecule has 1 saturated heterocycles. The first kappa shape index (κ1) is 57.0. The van der Waals surface area contributed by atoms with Crippen molar-refractivity contribution >= 4 is 42.6 Å². The number of hydrogen-bond acceptors (Lipinski definition) is 12. The van der Waals surface area contributed by atoms with E-state index in [0.717, 1.165) is 43.2 Å². The van der Waals surface area contributed by atoms with Crippen LogP contribution < -0.4 is 54.8 Å². The van der Waals surface area contributed by atoms with Gasteiger partial charge >= 0.3 is 7.12 Å². The molecule has 18 nitrogen and oxygen atoms in total. The number of nitrogens with one attached hydrogen (secondary N) is 6. The van der Waals surface area contributed by atoms with Gasteiger partial charge in [-0.2, -0.15) is 0 Å². The van der Waals surface area contributed by atoms with Crippen molar-refractivity contribution in [1.29, 1.82) is 0 Å². The molecule has 2 aromatic carbocycles. The van der Waals surface area contributed by atoms with Crippen LogP contribution in [0.5, 0.6) is 0 Å². The third-order valence-corrected chi connectivity index (χ3v) is 15.0. The molecule has 1 heterocycles. The van der Waals surface area contributed by atoms with Crippen LogP contribution >= 0.6 is 0 Å². The van der Waals surface area contributed by atoms with E-state index in [1.165, 1.54) is 5.56 Å². The number of amides is 6. The third-order valence-electron chi connectivity index (χ3n) is 15.0. The summed E-state index contributed by atoms with van der Waals surface area (Å²) in [5, 5.41) is 16.5. The molecular weight excluding hydrogens is 903 g/mol. The van der Waals surface area contributed by atoms with Gasteiger partial charge in [-0.15, -0.1) is 0 Å². The first-order chi connectivity index (χ1) is 33.9. The summed E-state index contributed by atoms with van der Waals surface area (Å²) in [4.78, 5) is 81.2. The molecule has 0 radical (unpaired) electrons. The van der Waals surface area contributed by atoms with Crippen LogP contribution in [0.4, 0.5) is 0 Å². The van der Waals surface area contributed by atoms with Gasteiger partial charge in [0.05, 0.1) is 17.6 Å². The second kappa shape index (κ2) is 27.2. The lowest BCUT2D eigenvalue weighted by Gasteiger charge is -2.64. The second-order valence-corrected chi connectivity index (χ2v) is 20.6. The molecule has 6 amide bonds. The summed E-state index contributed by atoms with van der Waals surface area (Å²) in [6, 6.07) is 12.5. The predicted molar refractivity (Wildman–Crippen MR) is 276 cm³/mol. The van der Waals surface area contributed by atoms with Crippen LogP contribution in [0.25, 0.3) is 11.1 Å². The lowest BCUT2D eigenvalue weighted by Crippen LogP contribution is -2.65. The van der Waals surface area contributed by atoms with Crippen molar-refractivity contribution in [3.05, 3.63) is 59.7 Å². The molecule has 6 rings (SSSR count). The molecule has 392 valence electrons. The molecule has 0 aromatic heterocycles. The quantitative estimate of drug-likeness (QED) is 0.0307. The van der Waals surface area contributed by atoms with Crippen LogP contribution in [0.3, 0.4) is 0 Å². The Morgan fingerprint density at radius 2 is 1.20 bits per heavy atom. The van der Waals surface area contributed by atoms with Crippen molar-refractivity contribution in [2.45, 2.75) is 173 Å². The molecule has 2 bridgehead atoms. The van der Waals surface area contributed by atoms with Gasteiger partial charge in [0.2, 0.25) is 23.6 Å². The van der Waals surface area contributed by atoms with Crippen molar-refractivity contribution < 1.29 is 38.1 Å². The minimum absolute atomic E-state index is 0.0179. The van der Waals surface area contributed by atoms with E-state index in [0.29, 0.717) is 75.6 Å². The molecular formula is C52H83BN10O8. The number of unbranched alkanes of at least 4 members (excludes halogenated alkanes) is 4. The van der Waals surface area contributed by atoms with Crippen molar-refractivity contribution in [3.8, 4) is 11.1 Å². The fraction of sp³-hybridized carbons (Fsp3) is 0.654. The van der Waals surface area contributed by atoms with Gasteiger partial charge in [-0.05, 0) is 163 Å². The Morgan fingerprint density at radius 3 is 1.75 bits per heavy atom. The summed E-state index contributed by atoms with van der Waals surface area (Å²) in [6.07, 6.45) is 7.49. The summed E-state index contributed by atoms with van der Waals surface area (Å²) in [6.45, 7) is 11.8. The lowest BCUT2D eigenvalue weighted by molar-refractivity contribution is -0.199. The monoisotopic (exact) mass is 987 g/mol. The topological polar surface area (TPSA) is 297 Å². The highest BCUT2D eigenvalue weighted by Gasteiger charge is 2.68. The molecule has 14 N–H and O–H groups in total. The van der Waals surface area contributed by atoms with E-state index in [-0.39, 0.29) is 49.7 Å². The number of benzene rings is 2. The summed E-state index contributed by atoms with van der Waals surface area (Å²) < 4.78 is 12.9. The highest BCUT2D eigenvalue weighted by atomic mass is 16.7. The van der Waals surface area contributed by atoms with Gasteiger partial charge in [0.25, 0.3) is 11.8 Å². The van der Waals surface area contributed by atoms with Crippen LogP contribution in [0, 0.1) is 17.3 Å². The van der Waals surface area contributed by atoms with E-state index in [9.17, 15) is 28.8 Å². The maximum absolute atomic E-state index is 13.8. The molecule has 0 spiro atoms. The number of rotatable bonds is 30. The molecule has 1 aliphatic heterocycles. The number of aryl methyl sites for hydroxylation is 1. The van der Waals surface area contributed by atoms with Gasteiger partial charge in [0.1, 0.15) is 18.1 Å². The standard InChI is InChI=1S/C52H83BN10O8/c1-6-7-14-34-18-20-35(21-19-34)36-22-24-37(25-23-36)46(65)58-30-26-44(64)60-39(15-8-11-27-54)48(67)61-41(17-10-13-29-56)49(68)63-45(57)50(69)62-40(16-9-12-28-55)47(66)59-33(2)53-70-43-32-38-31-42(51(38,3)4)52(43,5)71-53/h18-25,33,38-43,45H,6-17,26-32,54-57H2,1-5H3,(H,58,65)(H,59,66)(H,60,64)(H,61,67)(H,62,69)(H,63,68)/t33-,38-,39-,40-,41-,42-,43?,45+,52-/m0/s1. The van der Waals surface area contributed by atoms with E-state index in [1.807, 2.05) is 19.1 Å². The molecule has 2 aromatic rings. The summed E-state index contributed by atoms with van der Waals surface area (Å²) >= 11 is 0. The minimum atomic E-state index is -1.58. The molecule has 71 heavy (non-hydrogen) atoms. The lowest BCUT2D eigenvalue weighted by atomic mass is 9.43. The van der Waals surface area contributed by atoms with Crippen molar-refractivity contribution in [2.24, 2.45) is 40.2 Å². The summed E-state index contributed by atoms with van der Waals surface area (Å²) in [5.74, 6) is -3.05. The van der Waals surface area contributed by atoms with Crippen LogP contribution in [0.2, 0.25) is 0 Å². The molecule has 3 aliphatic carbocycles. The first-order valence-electron chi connectivity index (χ1n) is 26.1. The number of carbonyl (C=O) groups excluding carboxylic acids is 6. The summed E-state index contributed by atoms with van der Waals surface area (Å²) in [7, 11) is -0.669. The molecule has 9 atom stereocenters. The van der Waals surface area contributed by atoms with Gasteiger partial charge in [0, 0.05) is 18.5 Å². The van der Waals surface area contributed by atoms with Gasteiger partial charge in [-0.1, -0.05) is 63.6 Å². The van der Waals surface area contributed by atoms with Crippen molar-refractivity contribution in [3.63, 3.8) is 0 Å². The number of nitrogens with two attached hydrogens (primary N) is 4.